The van der Waals surface area contributed by atoms with Crippen molar-refractivity contribution in [3.8, 4) is 17.2 Å². The molecule has 0 spiro atoms. The van der Waals surface area contributed by atoms with Crippen LogP contribution in [0.4, 0.5) is 0 Å². The van der Waals surface area contributed by atoms with Crippen molar-refractivity contribution in [1.82, 2.24) is 10.1 Å². The Bertz CT molecular complexity index is 594. The fraction of sp³-hybridized carbons (Fsp3) is 0.429. The van der Waals surface area contributed by atoms with E-state index < -0.39 is 5.54 Å². The van der Waals surface area contributed by atoms with Gasteiger partial charge in [-0.3, -0.25) is 0 Å². The van der Waals surface area contributed by atoms with Crippen LogP contribution in [-0.2, 0) is 5.54 Å². The Morgan fingerprint density at radius 2 is 2.05 bits per heavy atom. The van der Waals surface area contributed by atoms with E-state index in [4.69, 9.17) is 15.0 Å². The number of rotatable bonds is 5. The maximum Gasteiger partial charge on any atom is 0.261 e. The van der Waals surface area contributed by atoms with Crippen LogP contribution in [0.1, 0.15) is 32.5 Å². The van der Waals surface area contributed by atoms with Gasteiger partial charge < -0.3 is 15.0 Å². The van der Waals surface area contributed by atoms with Gasteiger partial charge in [0.25, 0.3) is 5.89 Å². The molecule has 0 aliphatic heterocycles. The molecule has 1 aromatic carbocycles. The van der Waals surface area contributed by atoms with Gasteiger partial charge in [-0.25, -0.2) is 0 Å². The lowest BCUT2D eigenvalue weighted by atomic mass is 9.93. The molecule has 2 rings (SSSR count). The first-order valence-electron chi connectivity index (χ1n) is 6.51. The predicted molar refractivity (Wildman–Crippen MR) is 80.4 cm³/mol. The fourth-order valence-electron chi connectivity index (χ4n) is 1.94. The summed E-state index contributed by atoms with van der Waals surface area (Å²) in [6, 6.07) is 5.63. The normalized spacial score (nSPS) is 11.7. The van der Waals surface area contributed by atoms with E-state index in [0.717, 1.165) is 22.9 Å². The lowest BCUT2D eigenvalue weighted by Gasteiger charge is -2.21. The molecule has 6 heteroatoms. The molecule has 0 fully saturated rings. The lowest BCUT2D eigenvalue weighted by Crippen LogP contribution is -2.36. The van der Waals surface area contributed by atoms with E-state index in [9.17, 15) is 0 Å². The summed E-state index contributed by atoms with van der Waals surface area (Å²) in [5.41, 5.74) is 6.48. The summed E-state index contributed by atoms with van der Waals surface area (Å²) in [7, 11) is 1.61. The van der Waals surface area contributed by atoms with E-state index in [1.54, 1.807) is 7.11 Å². The number of ether oxygens (including phenoxy) is 1. The van der Waals surface area contributed by atoms with Gasteiger partial charge in [0.1, 0.15) is 5.75 Å². The average molecular weight is 340 g/mol. The minimum atomic E-state index is -0.551. The molecule has 5 nitrogen and oxygen atoms in total. The summed E-state index contributed by atoms with van der Waals surface area (Å²) >= 11 is 3.40. The van der Waals surface area contributed by atoms with Crippen LogP contribution in [0.15, 0.2) is 27.2 Å². The van der Waals surface area contributed by atoms with Gasteiger partial charge in [0.2, 0.25) is 0 Å². The van der Waals surface area contributed by atoms with Crippen molar-refractivity contribution in [2.24, 2.45) is 5.73 Å². The average Bonchev–Trinajstić information content (AvgIpc) is 2.96. The second-order valence-electron chi connectivity index (χ2n) is 4.63. The minimum absolute atomic E-state index is 0.418. The number of nitrogens with zero attached hydrogens (tertiary/aromatic N) is 2. The third kappa shape index (κ3) is 2.71. The molecule has 1 aromatic heterocycles. The summed E-state index contributed by atoms with van der Waals surface area (Å²) in [5.74, 6) is 1.62. The molecule has 0 aliphatic carbocycles. The van der Waals surface area contributed by atoms with E-state index in [0.29, 0.717) is 17.5 Å². The Morgan fingerprint density at radius 3 is 2.65 bits per heavy atom. The molecular weight excluding hydrogens is 322 g/mol. The van der Waals surface area contributed by atoms with E-state index in [-0.39, 0.29) is 0 Å². The van der Waals surface area contributed by atoms with E-state index >= 15 is 0 Å². The standard InChI is InChI=1S/C14H18BrN3O2/c1-4-14(16,5-2)13-17-12(20-18-13)10-7-6-9(15)8-11(10)19-3/h6-8H,4-5,16H2,1-3H3. The summed E-state index contributed by atoms with van der Waals surface area (Å²) in [5, 5.41) is 4.03. The Labute approximate surface area is 126 Å². The van der Waals surface area contributed by atoms with Crippen molar-refractivity contribution in [1.29, 1.82) is 0 Å². The SMILES string of the molecule is CCC(N)(CC)c1noc(-c2ccc(Br)cc2OC)n1. The zero-order valence-electron chi connectivity index (χ0n) is 11.8. The highest BCUT2D eigenvalue weighted by atomic mass is 79.9. The first-order chi connectivity index (χ1) is 9.54. The van der Waals surface area contributed by atoms with Crippen LogP contribution in [0, 0.1) is 0 Å². The molecule has 0 saturated carbocycles. The second kappa shape index (κ2) is 5.93. The predicted octanol–water partition coefficient (Wildman–Crippen LogP) is 3.48. The van der Waals surface area contributed by atoms with Crippen molar-refractivity contribution < 1.29 is 9.26 Å². The van der Waals surface area contributed by atoms with Crippen LogP contribution in [0.3, 0.4) is 0 Å². The van der Waals surface area contributed by atoms with Crippen LogP contribution in [0.2, 0.25) is 0 Å². The number of aromatic nitrogens is 2. The molecule has 20 heavy (non-hydrogen) atoms. The first kappa shape index (κ1) is 15.0. The highest BCUT2D eigenvalue weighted by Gasteiger charge is 2.29. The minimum Gasteiger partial charge on any atom is -0.496 e. The number of hydrogen-bond donors (Lipinski definition) is 1. The Kier molecular flexibility index (Phi) is 4.45. The van der Waals surface area contributed by atoms with E-state index in [1.807, 2.05) is 32.0 Å². The number of benzene rings is 1. The Morgan fingerprint density at radius 1 is 1.35 bits per heavy atom. The van der Waals surface area contributed by atoms with Crippen LogP contribution in [0.25, 0.3) is 11.5 Å². The van der Waals surface area contributed by atoms with E-state index in [1.165, 1.54) is 0 Å². The third-order valence-corrected chi connectivity index (χ3v) is 4.02. The van der Waals surface area contributed by atoms with Crippen LogP contribution < -0.4 is 10.5 Å². The van der Waals surface area contributed by atoms with Gasteiger partial charge in [0.15, 0.2) is 5.82 Å². The summed E-state index contributed by atoms with van der Waals surface area (Å²) in [6.07, 6.45) is 1.50. The largest absolute Gasteiger partial charge is 0.496 e. The van der Waals surface area contributed by atoms with Crippen molar-refractivity contribution in [2.75, 3.05) is 7.11 Å². The number of halogens is 1. The highest BCUT2D eigenvalue weighted by Crippen LogP contribution is 2.33. The monoisotopic (exact) mass is 339 g/mol. The number of hydrogen-bond acceptors (Lipinski definition) is 5. The Hall–Kier alpha value is -1.40. The molecule has 0 bridgehead atoms. The number of methoxy groups -OCH3 is 1. The third-order valence-electron chi connectivity index (χ3n) is 3.53. The van der Waals surface area contributed by atoms with Gasteiger partial charge in [-0.15, -0.1) is 0 Å². The lowest BCUT2D eigenvalue weighted by molar-refractivity contribution is 0.349. The van der Waals surface area contributed by atoms with Crippen LogP contribution in [0.5, 0.6) is 5.75 Å². The summed E-state index contributed by atoms with van der Waals surface area (Å²) in [4.78, 5) is 4.43. The zero-order chi connectivity index (χ0) is 14.8. The fourth-order valence-corrected chi connectivity index (χ4v) is 2.28. The molecule has 2 aromatic rings. The smallest absolute Gasteiger partial charge is 0.261 e. The van der Waals surface area contributed by atoms with Gasteiger partial charge in [0, 0.05) is 4.47 Å². The van der Waals surface area contributed by atoms with Crippen molar-refractivity contribution in [2.45, 2.75) is 32.2 Å². The highest BCUT2D eigenvalue weighted by molar-refractivity contribution is 9.10. The zero-order valence-corrected chi connectivity index (χ0v) is 13.4. The summed E-state index contributed by atoms with van der Waals surface area (Å²) in [6.45, 7) is 4.03. The molecule has 0 unspecified atom stereocenters. The maximum absolute atomic E-state index is 6.28. The van der Waals surface area contributed by atoms with Gasteiger partial charge in [0.05, 0.1) is 18.2 Å². The van der Waals surface area contributed by atoms with Gasteiger partial charge in [-0.05, 0) is 31.0 Å². The van der Waals surface area contributed by atoms with Crippen molar-refractivity contribution in [3.63, 3.8) is 0 Å². The molecule has 0 amide bonds. The van der Waals surface area contributed by atoms with Gasteiger partial charge in [-0.2, -0.15) is 4.98 Å². The van der Waals surface area contributed by atoms with E-state index in [2.05, 4.69) is 26.1 Å². The maximum atomic E-state index is 6.28. The van der Waals surface area contributed by atoms with Gasteiger partial charge in [-0.1, -0.05) is 34.9 Å². The van der Waals surface area contributed by atoms with Crippen molar-refractivity contribution >= 4 is 15.9 Å². The second-order valence-corrected chi connectivity index (χ2v) is 5.55. The quantitative estimate of drug-likeness (QED) is 0.902. The van der Waals surface area contributed by atoms with Crippen LogP contribution >= 0.6 is 15.9 Å². The molecule has 0 aliphatic rings. The number of nitrogens with two attached hydrogens (primary N) is 1. The molecule has 0 saturated heterocycles. The molecule has 0 atom stereocenters. The van der Waals surface area contributed by atoms with Crippen molar-refractivity contribution in [3.05, 3.63) is 28.5 Å². The first-order valence-corrected chi connectivity index (χ1v) is 7.30. The molecule has 0 radical (unpaired) electrons. The molecule has 1 heterocycles. The van der Waals surface area contributed by atoms with Crippen LogP contribution in [-0.4, -0.2) is 17.3 Å². The topological polar surface area (TPSA) is 74.2 Å². The molecular formula is C14H18BrN3O2. The summed E-state index contributed by atoms with van der Waals surface area (Å²) < 4.78 is 11.6. The van der Waals surface area contributed by atoms with Gasteiger partial charge >= 0.3 is 0 Å². The molecule has 108 valence electrons. The Balaban J connectivity index is 2.43. The molecule has 2 N–H and O–H groups in total.